The second-order valence-electron chi connectivity index (χ2n) is 2.65. The highest BCUT2D eigenvalue weighted by Crippen LogP contribution is 2.32. The molecule has 1 unspecified atom stereocenters. The van der Waals surface area contributed by atoms with E-state index in [1.807, 2.05) is 24.3 Å². The van der Waals surface area contributed by atoms with Crippen molar-refractivity contribution >= 4 is 33.5 Å². The van der Waals surface area contributed by atoms with Crippen molar-refractivity contribution in [2.75, 3.05) is 0 Å². The second kappa shape index (κ2) is 3.23. The molecule has 0 amide bonds. The zero-order valence-electron chi connectivity index (χ0n) is 6.29. The normalized spacial score (nSPS) is 22.1. The van der Waals surface area contributed by atoms with Gasteiger partial charge in [0.1, 0.15) is 4.16 Å². The Morgan fingerprint density at radius 1 is 1.42 bits per heavy atom. The molecule has 3 heteroatoms. The predicted octanol–water partition coefficient (Wildman–Crippen LogP) is 2.84. The van der Waals surface area contributed by atoms with Crippen LogP contribution in [0.5, 0.6) is 0 Å². The van der Waals surface area contributed by atoms with Gasteiger partial charge in [-0.15, -0.1) is 11.8 Å². The third-order valence-corrected chi connectivity index (χ3v) is 4.07. The van der Waals surface area contributed by atoms with Crippen molar-refractivity contribution in [2.24, 2.45) is 0 Å². The molecule has 1 atom stereocenters. The molecule has 1 nitrogen and oxygen atoms in total. The largest absolute Gasteiger partial charge is 0.292 e. The van der Waals surface area contributed by atoms with E-state index in [0.717, 1.165) is 16.9 Å². The number of carbonyl (C=O) groups excluding carboxylic acids is 1. The number of thioether (sulfide) groups is 1. The van der Waals surface area contributed by atoms with E-state index in [0.29, 0.717) is 0 Å². The molecule has 0 spiro atoms. The Bertz CT molecular complexity index is 324. The fraction of sp³-hybridized carbons (Fsp3) is 0.222. The van der Waals surface area contributed by atoms with Crippen LogP contribution in [0.2, 0.25) is 0 Å². The molecule has 0 aromatic heterocycles. The molecule has 0 fully saturated rings. The van der Waals surface area contributed by atoms with Crippen LogP contribution in [-0.4, -0.2) is 9.94 Å². The lowest BCUT2D eigenvalue weighted by Gasteiger charge is -2.17. The van der Waals surface area contributed by atoms with Gasteiger partial charge in [-0.05, 0) is 5.56 Å². The van der Waals surface area contributed by atoms with Crippen molar-refractivity contribution in [3.05, 3.63) is 35.4 Å². The van der Waals surface area contributed by atoms with Crippen molar-refractivity contribution < 1.29 is 4.79 Å². The van der Waals surface area contributed by atoms with Gasteiger partial charge in [-0.2, -0.15) is 0 Å². The molecule has 1 aromatic rings. The average Bonchev–Trinajstić information content (AvgIpc) is 2.12. The van der Waals surface area contributed by atoms with E-state index in [4.69, 9.17) is 0 Å². The average molecular weight is 243 g/mol. The summed E-state index contributed by atoms with van der Waals surface area (Å²) in [5, 5.41) is 0. The van der Waals surface area contributed by atoms with Gasteiger partial charge in [0.25, 0.3) is 0 Å². The van der Waals surface area contributed by atoms with E-state index in [9.17, 15) is 4.79 Å². The van der Waals surface area contributed by atoms with E-state index in [1.165, 1.54) is 0 Å². The van der Waals surface area contributed by atoms with Gasteiger partial charge in [0, 0.05) is 11.3 Å². The van der Waals surface area contributed by atoms with Gasteiger partial charge >= 0.3 is 0 Å². The lowest BCUT2D eigenvalue weighted by Crippen LogP contribution is -2.17. The number of fused-ring (bicyclic) bond motifs is 1. The van der Waals surface area contributed by atoms with Gasteiger partial charge in [-0.25, -0.2) is 0 Å². The van der Waals surface area contributed by atoms with Crippen LogP contribution in [0.1, 0.15) is 15.9 Å². The molecule has 0 saturated heterocycles. The summed E-state index contributed by atoms with van der Waals surface area (Å²) in [4.78, 5) is 11.5. The van der Waals surface area contributed by atoms with Crippen molar-refractivity contribution in [1.82, 2.24) is 0 Å². The van der Waals surface area contributed by atoms with Gasteiger partial charge < -0.3 is 0 Å². The molecule has 1 aliphatic rings. The van der Waals surface area contributed by atoms with Crippen molar-refractivity contribution in [1.29, 1.82) is 0 Å². The molecule has 1 heterocycles. The van der Waals surface area contributed by atoms with Crippen LogP contribution in [0.25, 0.3) is 0 Å². The highest BCUT2D eigenvalue weighted by molar-refractivity contribution is 9.11. The van der Waals surface area contributed by atoms with Crippen LogP contribution >= 0.6 is 27.7 Å². The smallest absolute Gasteiger partial charge is 0.186 e. The number of Topliss-reactive ketones (excluding diaryl/α,β-unsaturated/α-hetero) is 1. The van der Waals surface area contributed by atoms with Crippen molar-refractivity contribution in [2.45, 2.75) is 9.91 Å². The molecule has 1 aliphatic heterocycles. The lowest BCUT2D eigenvalue weighted by atomic mass is 10.1. The van der Waals surface area contributed by atoms with Crippen molar-refractivity contribution in [3.8, 4) is 0 Å². The summed E-state index contributed by atoms with van der Waals surface area (Å²) < 4.78 is -0.0487. The number of halogens is 1. The summed E-state index contributed by atoms with van der Waals surface area (Å²) in [6, 6.07) is 7.79. The highest BCUT2D eigenvalue weighted by atomic mass is 79.9. The molecule has 0 aliphatic carbocycles. The van der Waals surface area contributed by atoms with Crippen LogP contribution in [0, 0.1) is 0 Å². The van der Waals surface area contributed by atoms with Gasteiger partial charge in [0.2, 0.25) is 0 Å². The van der Waals surface area contributed by atoms with Gasteiger partial charge in [0.15, 0.2) is 5.78 Å². The van der Waals surface area contributed by atoms with Gasteiger partial charge in [-0.3, -0.25) is 4.79 Å². The molecule has 62 valence electrons. The summed E-state index contributed by atoms with van der Waals surface area (Å²) in [6.07, 6.45) is 0. The first-order valence-electron chi connectivity index (χ1n) is 3.67. The van der Waals surface area contributed by atoms with E-state index in [1.54, 1.807) is 11.8 Å². The van der Waals surface area contributed by atoms with Crippen molar-refractivity contribution in [3.63, 3.8) is 0 Å². The zero-order chi connectivity index (χ0) is 8.55. The number of hydrogen-bond acceptors (Lipinski definition) is 2. The molecular formula is C9H7BrOS. The molecular weight excluding hydrogens is 236 g/mol. The number of ketones is 1. The fourth-order valence-corrected chi connectivity index (χ4v) is 2.75. The lowest BCUT2D eigenvalue weighted by molar-refractivity contribution is 0.101. The Labute approximate surface area is 83.7 Å². The minimum Gasteiger partial charge on any atom is -0.292 e. The van der Waals surface area contributed by atoms with E-state index < -0.39 is 0 Å². The number of rotatable bonds is 0. The minimum absolute atomic E-state index is 0.0487. The molecule has 2 rings (SSSR count). The maximum atomic E-state index is 11.5. The van der Waals surface area contributed by atoms with Crippen LogP contribution in [-0.2, 0) is 5.75 Å². The first-order valence-corrected chi connectivity index (χ1v) is 5.63. The SMILES string of the molecule is O=C1c2ccccc2CSC1Br. The van der Waals surface area contributed by atoms with Crippen LogP contribution in [0.4, 0.5) is 0 Å². The Morgan fingerprint density at radius 2 is 2.17 bits per heavy atom. The van der Waals surface area contributed by atoms with Crippen LogP contribution in [0.15, 0.2) is 24.3 Å². The molecule has 0 radical (unpaired) electrons. The minimum atomic E-state index is -0.0487. The fourth-order valence-electron chi connectivity index (χ4n) is 1.25. The number of carbonyl (C=O) groups is 1. The predicted molar refractivity (Wildman–Crippen MR) is 54.8 cm³/mol. The molecule has 0 N–H and O–H groups in total. The maximum absolute atomic E-state index is 11.5. The highest BCUT2D eigenvalue weighted by Gasteiger charge is 2.24. The Hall–Kier alpha value is -0.280. The Balaban J connectivity index is 2.49. The first kappa shape index (κ1) is 8.32. The second-order valence-corrected chi connectivity index (χ2v) is 5.26. The standard InChI is InChI=1S/C9H7BrOS/c10-9-8(11)7-4-2-1-3-6(7)5-12-9/h1-4,9H,5H2. The van der Waals surface area contributed by atoms with Gasteiger partial charge in [-0.1, -0.05) is 40.2 Å². The van der Waals surface area contributed by atoms with E-state index >= 15 is 0 Å². The molecule has 1 aromatic carbocycles. The van der Waals surface area contributed by atoms with E-state index in [2.05, 4.69) is 15.9 Å². The summed E-state index contributed by atoms with van der Waals surface area (Å²) in [6.45, 7) is 0. The number of alkyl halides is 1. The summed E-state index contributed by atoms with van der Waals surface area (Å²) in [7, 11) is 0. The number of benzene rings is 1. The van der Waals surface area contributed by atoms with Crippen LogP contribution in [0.3, 0.4) is 0 Å². The molecule has 12 heavy (non-hydrogen) atoms. The monoisotopic (exact) mass is 242 g/mol. The summed E-state index contributed by atoms with van der Waals surface area (Å²) >= 11 is 4.97. The molecule has 0 bridgehead atoms. The van der Waals surface area contributed by atoms with Gasteiger partial charge in [0.05, 0.1) is 0 Å². The number of hydrogen-bond donors (Lipinski definition) is 0. The summed E-state index contributed by atoms with van der Waals surface area (Å²) in [5.41, 5.74) is 2.03. The third kappa shape index (κ3) is 1.31. The van der Waals surface area contributed by atoms with Crippen LogP contribution < -0.4 is 0 Å². The zero-order valence-corrected chi connectivity index (χ0v) is 8.69. The Kier molecular flexibility index (Phi) is 2.24. The third-order valence-electron chi connectivity index (χ3n) is 1.87. The summed E-state index contributed by atoms with van der Waals surface area (Å²) in [5.74, 6) is 1.12. The molecule has 0 saturated carbocycles. The maximum Gasteiger partial charge on any atom is 0.186 e. The Morgan fingerprint density at radius 3 is 3.00 bits per heavy atom. The van der Waals surface area contributed by atoms with E-state index in [-0.39, 0.29) is 9.94 Å². The quantitative estimate of drug-likeness (QED) is 0.652. The topological polar surface area (TPSA) is 17.1 Å². The first-order chi connectivity index (χ1) is 5.79.